The second kappa shape index (κ2) is 16.3. The van der Waals surface area contributed by atoms with Gasteiger partial charge in [0.05, 0.1) is 32.5 Å². The van der Waals surface area contributed by atoms with Gasteiger partial charge in [0.15, 0.2) is 0 Å². The molecule has 0 spiro atoms. The number of aliphatic hydroxyl groups is 4. The molecule has 18 heteroatoms. The molecule has 0 aromatic rings. The molecule has 1 aliphatic rings. The monoisotopic (exact) mass is 554 g/mol. The average Bonchev–Trinajstić information content (AvgIpc) is 2.87. The lowest BCUT2D eigenvalue weighted by Gasteiger charge is -2.26. The molecule has 204 valence electrons. The second-order valence-electron chi connectivity index (χ2n) is 7.40. The Morgan fingerprint density at radius 3 is 2.00 bits per heavy atom. The standard InChI is InChI=1S/C18H30N6O10S2/c19-9(2-26)14(30)21-11(4-28)17(33)24-13-7-36-35-6-8(1-25)20-15(31)10(3-27)22-16(32)12(5-29)23-18(13)34/h1,8-13,26-29H,2-7,19H2,(H,20,31)(H,21,30)(H,22,32)(H,23,34)(H,24,33)/t8-,9+,10+,11+,12+,13+/m1/s1. The lowest BCUT2D eigenvalue weighted by Crippen LogP contribution is -2.61. The van der Waals surface area contributed by atoms with E-state index >= 15 is 0 Å². The van der Waals surface area contributed by atoms with Crippen molar-refractivity contribution >= 4 is 57.4 Å². The first-order chi connectivity index (χ1) is 17.1. The van der Waals surface area contributed by atoms with E-state index in [0.717, 1.165) is 21.6 Å². The van der Waals surface area contributed by atoms with Crippen LogP contribution in [-0.2, 0) is 28.8 Å². The fourth-order valence-corrected chi connectivity index (χ4v) is 4.88. The Kier molecular flexibility index (Phi) is 14.3. The molecule has 11 N–H and O–H groups in total. The average molecular weight is 555 g/mol. The van der Waals surface area contributed by atoms with Crippen molar-refractivity contribution < 1.29 is 49.2 Å². The van der Waals surface area contributed by atoms with Crippen molar-refractivity contribution in [1.29, 1.82) is 0 Å². The van der Waals surface area contributed by atoms with Crippen molar-refractivity contribution in [2.24, 2.45) is 5.73 Å². The predicted molar refractivity (Wildman–Crippen MR) is 127 cm³/mol. The Morgan fingerprint density at radius 2 is 1.47 bits per heavy atom. The molecule has 0 aromatic carbocycles. The zero-order valence-corrected chi connectivity index (χ0v) is 20.5. The summed E-state index contributed by atoms with van der Waals surface area (Å²) >= 11 is 0. The SMILES string of the molecule is N[C@@H](CO)C(=O)N[C@@H](CO)C(=O)N[C@H]1CSSC[C@@H](C=O)NC(=O)[C@H](CO)NC(=O)[C@H](CO)NC1=O. The smallest absolute Gasteiger partial charge is 0.245 e. The number of amides is 5. The van der Waals surface area contributed by atoms with Crippen molar-refractivity contribution in [2.45, 2.75) is 36.3 Å². The van der Waals surface area contributed by atoms with Crippen LogP contribution in [0.25, 0.3) is 0 Å². The molecule has 0 saturated carbocycles. The molecule has 1 fully saturated rings. The van der Waals surface area contributed by atoms with Crippen LogP contribution in [0, 0.1) is 0 Å². The molecular formula is C18H30N6O10S2. The van der Waals surface area contributed by atoms with E-state index < -0.39 is 92.2 Å². The molecule has 5 amide bonds. The van der Waals surface area contributed by atoms with Crippen LogP contribution in [0.5, 0.6) is 0 Å². The van der Waals surface area contributed by atoms with Gasteiger partial charge in [0.25, 0.3) is 0 Å². The number of aldehydes is 1. The minimum absolute atomic E-state index is 0.0436. The van der Waals surface area contributed by atoms with Crippen molar-refractivity contribution in [3.05, 3.63) is 0 Å². The largest absolute Gasteiger partial charge is 0.394 e. The summed E-state index contributed by atoms with van der Waals surface area (Å²) < 4.78 is 0. The number of nitrogens with one attached hydrogen (secondary N) is 5. The third kappa shape index (κ3) is 9.88. The number of hydrogen-bond acceptors (Lipinski definition) is 13. The molecule has 0 aromatic heterocycles. The lowest BCUT2D eigenvalue weighted by atomic mass is 10.2. The maximum absolute atomic E-state index is 12.8. The van der Waals surface area contributed by atoms with Gasteiger partial charge < -0.3 is 57.5 Å². The van der Waals surface area contributed by atoms with Crippen LogP contribution in [0.3, 0.4) is 0 Å². The molecule has 36 heavy (non-hydrogen) atoms. The summed E-state index contributed by atoms with van der Waals surface area (Å²) in [4.78, 5) is 73.3. The summed E-state index contributed by atoms with van der Waals surface area (Å²) in [5.74, 6) is -4.78. The van der Waals surface area contributed by atoms with Gasteiger partial charge in [-0.3, -0.25) is 24.0 Å². The molecule has 0 bridgehead atoms. The van der Waals surface area contributed by atoms with Crippen LogP contribution in [-0.4, -0.2) is 130 Å². The third-order valence-electron chi connectivity index (χ3n) is 4.67. The van der Waals surface area contributed by atoms with Gasteiger partial charge in [-0.2, -0.15) is 0 Å². The molecule has 0 unspecified atom stereocenters. The molecule has 1 heterocycles. The zero-order chi connectivity index (χ0) is 27.3. The van der Waals surface area contributed by atoms with Crippen molar-refractivity contribution in [3.63, 3.8) is 0 Å². The Balaban J connectivity index is 3.08. The van der Waals surface area contributed by atoms with E-state index in [4.69, 9.17) is 10.8 Å². The summed E-state index contributed by atoms with van der Waals surface area (Å²) in [6.45, 7) is -3.30. The highest BCUT2D eigenvalue weighted by Gasteiger charge is 2.32. The van der Waals surface area contributed by atoms with Crippen LogP contribution in [0.15, 0.2) is 0 Å². The first kappa shape index (κ1) is 31.5. The number of nitrogens with two attached hydrogens (primary N) is 1. The molecule has 0 radical (unpaired) electrons. The lowest BCUT2D eigenvalue weighted by molar-refractivity contribution is -0.135. The molecule has 1 aliphatic heterocycles. The van der Waals surface area contributed by atoms with Crippen LogP contribution < -0.4 is 32.3 Å². The fraction of sp³-hybridized carbons (Fsp3) is 0.667. The Labute approximate surface area is 213 Å². The highest BCUT2D eigenvalue weighted by molar-refractivity contribution is 8.76. The molecule has 1 rings (SSSR count). The molecule has 6 atom stereocenters. The first-order valence-corrected chi connectivity index (χ1v) is 13.0. The zero-order valence-electron chi connectivity index (χ0n) is 18.9. The van der Waals surface area contributed by atoms with Crippen molar-refractivity contribution in [3.8, 4) is 0 Å². The number of aliphatic hydroxyl groups excluding tert-OH is 4. The first-order valence-electron chi connectivity index (χ1n) is 10.5. The van der Waals surface area contributed by atoms with Gasteiger partial charge in [0.1, 0.15) is 36.5 Å². The Bertz CT molecular complexity index is 806. The highest BCUT2D eigenvalue weighted by atomic mass is 33.1. The third-order valence-corrected chi connectivity index (χ3v) is 7.12. The van der Waals surface area contributed by atoms with Crippen LogP contribution >= 0.6 is 21.6 Å². The van der Waals surface area contributed by atoms with Gasteiger partial charge >= 0.3 is 0 Å². The number of carbonyl (C=O) groups is 6. The van der Waals surface area contributed by atoms with E-state index in [9.17, 15) is 44.1 Å². The normalized spacial score (nSPS) is 25.8. The van der Waals surface area contributed by atoms with E-state index in [1.165, 1.54) is 0 Å². The topological polar surface area (TPSA) is 270 Å². The van der Waals surface area contributed by atoms with Crippen LogP contribution in [0.4, 0.5) is 0 Å². The number of rotatable bonds is 9. The van der Waals surface area contributed by atoms with E-state index in [0.29, 0.717) is 6.29 Å². The Hall–Kier alpha value is -2.48. The van der Waals surface area contributed by atoms with Crippen LogP contribution in [0.2, 0.25) is 0 Å². The highest BCUT2D eigenvalue weighted by Crippen LogP contribution is 2.23. The van der Waals surface area contributed by atoms with Gasteiger partial charge in [-0.15, -0.1) is 0 Å². The van der Waals surface area contributed by atoms with Gasteiger partial charge in [-0.25, -0.2) is 0 Å². The second-order valence-corrected chi connectivity index (χ2v) is 9.95. The fourth-order valence-electron chi connectivity index (χ4n) is 2.58. The van der Waals surface area contributed by atoms with E-state index in [-0.39, 0.29) is 11.5 Å². The number of hydrogen-bond donors (Lipinski definition) is 10. The minimum Gasteiger partial charge on any atom is -0.394 e. The molecular weight excluding hydrogens is 524 g/mol. The van der Waals surface area contributed by atoms with Gasteiger partial charge in [0.2, 0.25) is 29.5 Å². The Morgan fingerprint density at radius 1 is 0.917 bits per heavy atom. The number of carbonyl (C=O) groups excluding carboxylic acids is 6. The molecule has 16 nitrogen and oxygen atoms in total. The van der Waals surface area contributed by atoms with Gasteiger partial charge in [0, 0.05) is 11.5 Å². The summed E-state index contributed by atoms with van der Waals surface area (Å²) in [5.41, 5.74) is 5.37. The van der Waals surface area contributed by atoms with E-state index in [1.807, 2.05) is 0 Å². The van der Waals surface area contributed by atoms with E-state index in [1.54, 1.807) is 0 Å². The maximum atomic E-state index is 12.8. The summed E-state index contributed by atoms with van der Waals surface area (Å²) in [7, 11) is 2.10. The molecule has 0 aliphatic carbocycles. The van der Waals surface area contributed by atoms with Gasteiger partial charge in [-0.05, 0) is 0 Å². The summed E-state index contributed by atoms with van der Waals surface area (Å²) in [6.07, 6.45) is 0.446. The van der Waals surface area contributed by atoms with E-state index in [2.05, 4.69) is 26.6 Å². The predicted octanol–water partition coefficient (Wildman–Crippen LogP) is -6.70. The summed E-state index contributed by atoms with van der Waals surface area (Å²) in [5, 5.41) is 48.6. The van der Waals surface area contributed by atoms with Crippen molar-refractivity contribution in [2.75, 3.05) is 37.9 Å². The van der Waals surface area contributed by atoms with Crippen molar-refractivity contribution in [1.82, 2.24) is 26.6 Å². The maximum Gasteiger partial charge on any atom is 0.245 e. The van der Waals surface area contributed by atoms with Crippen LogP contribution in [0.1, 0.15) is 0 Å². The minimum atomic E-state index is -1.57. The van der Waals surface area contributed by atoms with Gasteiger partial charge in [-0.1, -0.05) is 21.6 Å². The summed E-state index contributed by atoms with van der Waals surface area (Å²) in [6, 6.07) is -8.25. The quantitative estimate of drug-likeness (QED) is 0.0939. The molecule has 1 saturated heterocycles.